The van der Waals surface area contributed by atoms with E-state index >= 15 is 0 Å². The molecule has 1 aromatic heterocycles. The van der Waals surface area contributed by atoms with Crippen molar-refractivity contribution < 1.29 is 22.5 Å². The topological polar surface area (TPSA) is 111 Å². The average Bonchev–Trinajstić information content (AvgIpc) is 3.15. The predicted octanol–water partition coefficient (Wildman–Crippen LogP) is 3.32. The van der Waals surface area contributed by atoms with Crippen molar-refractivity contribution in [2.24, 2.45) is 0 Å². The fourth-order valence-electron chi connectivity index (χ4n) is 2.73. The summed E-state index contributed by atoms with van der Waals surface area (Å²) in [5.41, 5.74) is 1.55. The van der Waals surface area contributed by atoms with Crippen molar-refractivity contribution in [2.45, 2.75) is 37.3 Å². The molecule has 30 heavy (non-hydrogen) atoms. The number of nitrogens with one attached hydrogen (secondary N) is 1. The van der Waals surface area contributed by atoms with E-state index in [-0.39, 0.29) is 41.1 Å². The van der Waals surface area contributed by atoms with Gasteiger partial charge in [0.2, 0.25) is 11.8 Å². The van der Waals surface area contributed by atoms with Gasteiger partial charge in [0, 0.05) is 12.8 Å². The van der Waals surface area contributed by atoms with Crippen LogP contribution >= 0.6 is 0 Å². The number of anilines is 1. The highest BCUT2D eigenvalue weighted by molar-refractivity contribution is 7.90. The zero-order chi connectivity index (χ0) is 21.6. The van der Waals surface area contributed by atoms with Gasteiger partial charge in [0.25, 0.3) is 0 Å². The van der Waals surface area contributed by atoms with Gasteiger partial charge in [-0.2, -0.15) is 4.98 Å². The molecule has 158 valence electrons. The first-order chi connectivity index (χ1) is 14.4. The van der Waals surface area contributed by atoms with Crippen LogP contribution in [-0.4, -0.2) is 31.1 Å². The van der Waals surface area contributed by atoms with E-state index in [1.54, 1.807) is 42.5 Å². The Morgan fingerprint density at radius 2 is 1.87 bits per heavy atom. The van der Waals surface area contributed by atoms with Crippen molar-refractivity contribution in [2.75, 3.05) is 11.9 Å². The van der Waals surface area contributed by atoms with Gasteiger partial charge in [-0.1, -0.05) is 35.0 Å². The fraction of sp³-hybridized carbons (Fsp3) is 0.286. The van der Waals surface area contributed by atoms with Gasteiger partial charge in [0.05, 0.1) is 17.2 Å². The molecule has 1 heterocycles. The van der Waals surface area contributed by atoms with E-state index in [1.165, 1.54) is 0 Å². The monoisotopic (exact) mass is 429 g/mol. The summed E-state index contributed by atoms with van der Waals surface area (Å²) in [5, 5.41) is 6.51. The molecule has 3 rings (SSSR count). The van der Waals surface area contributed by atoms with Gasteiger partial charge in [-0.15, -0.1) is 0 Å². The van der Waals surface area contributed by atoms with Crippen molar-refractivity contribution in [3.05, 3.63) is 65.8 Å². The van der Waals surface area contributed by atoms with Gasteiger partial charge in [0.1, 0.15) is 11.5 Å². The molecule has 0 radical (unpaired) electrons. The lowest BCUT2D eigenvalue weighted by Gasteiger charge is -2.10. The first-order valence-electron chi connectivity index (χ1n) is 9.50. The number of ether oxygens (including phenoxy) is 1. The van der Waals surface area contributed by atoms with E-state index in [1.807, 2.05) is 19.9 Å². The van der Waals surface area contributed by atoms with Crippen LogP contribution in [0.2, 0.25) is 0 Å². The lowest BCUT2D eigenvalue weighted by molar-refractivity contribution is -0.116. The van der Waals surface area contributed by atoms with Crippen molar-refractivity contribution in [3.8, 4) is 5.75 Å². The molecular weight excluding hydrogens is 406 g/mol. The van der Waals surface area contributed by atoms with E-state index in [9.17, 15) is 13.2 Å². The molecule has 0 unspecified atom stereocenters. The molecule has 0 aliphatic rings. The molecule has 1 amide bonds. The summed E-state index contributed by atoms with van der Waals surface area (Å²) in [6.45, 7) is 4.24. The number of hydrogen-bond donors (Lipinski definition) is 1. The lowest BCUT2D eigenvalue weighted by atomic mass is 10.2. The van der Waals surface area contributed by atoms with Crippen LogP contribution < -0.4 is 10.1 Å². The van der Waals surface area contributed by atoms with Gasteiger partial charge in [-0.05, 0) is 38.1 Å². The Morgan fingerprint density at radius 3 is 2.60 bits per heavy atom. The Hall–Kier alpha value is -3.20. The van der Waals surface area contributed by atoms with Gasteiger partial charge >= 0.3 is 0 Å². The minimum atomic E-state index is -3.58. The summed E-state index contributed by atoms with van der Waals surface area (Å²) in [6, 6.07) is 13.7. The highest BCUT2D eigenvalue weighted by atomic mass is 32.2. The molecule has 0 bridgehead atoms. The Bertz CT molecular complexity index is 1110. The van der Waals surface area contributed by atoms with Crippen LogP contribution in [0.3, 0.4) is 0 Å². The third-order valence-corrected chi connectivity index (χ3v) is 5.86. The molecule has 2 aromatic carbocycles. The highest BCUT2D eigenvalue weighted by Gasteiger charge is 2.19. The first kappa shape index (κ1) is 21.5. The number of hydrogen-bond acceptors (Lipinski definition) is 7. The zero-order valence-corrected chi connectivity index (χ0v) is 17.6. The Balaban J connectivity index is 1.57. The number of carbonyl (C=O) groups is 1. The molecule has 0 fully saturated rings. The Kier molecular flexibility index (Phi) is 6.83. The molecule has 0 aliphatic carbocycles. The number of benzene rings is 2. The summed E-state index contributed by atoms with van der Waals surface area (Å²) in [7, 11) is -3.58. The molecule has 0 saturated heterocycles. The maximum absolute atomic E-state index is 12.5. The maximum atomic E-state index is 12.5. The third kappa shape index (κ3) is 5.66. The first-order valence-corrected chi connectivity index (χ1v) is 11.1. The fourth-order valence-corrected chi connectivity index (χ4v) is 3.91. The molecule has 3 aromatic rings. The SMILES string of the molecule is CCOc1ccccc1NC(=O)CCc1nc(CS(=O)(=O)c2ccc(C)cc2)no1. The van der Waals surface area contributed by atoms with Gasteiger partial charge in [-0.3, -0.25) is 4.79 Å². The smallest absolute Gasteiger partial charge is 0.227 e. The van der Waals surface area contributed by atoms with E-state index in [0.29, 0.717) is 18.0 Å². The molecular formula is C21H23N3O5S. The third-order valence-electron chi connectivity index (χ3n) is 4.24. The van der Waals surface area contributed by atoms with Crippen molar-refractivity contribution in [1.29, 1.82) is 0 Å². The molecule has 8 nitrogen and oxygen atoms in total. The number of amides is 1. The molecule has 1 N–H and O–H groups in total. The van der Waals surface area contributed by atoms with Crippen LogP contribution in [0.1, 0.15) is 30.6 Å². The molecule has 0 saturated carbocycles. The van der Waals surface area contributed by atoms with Crippen molar-refractivity contribution in [3.63, 3.8) is 0 Å². The van der Waals surface area contributed by atoms with Gasteiger partial charge < -0.3 is 14.6 Å². The van der Waals surface area contributed by atoms with E-state index in [2.05, 4.69) is 15.5 Å². The second kappa shape index (κ2) is 9.53. The molecule has 0 atom stereocenters. The number of aromatic nitrogens is 2. The lowest BCUT2D eigenvalue weighted by Crippen LogP contribution is -2.13. The normalized spacial score (nSPS) is 11.3. The number of aryl methyl sites for hydroxylation is 2. The summed E-state index contributed by atoms with van der Waals surface area (Å²) in [6.07, 6.45) is 0.299. The van der Waals surface area contributed by atoms with E-state index < -0.39 is 9.84 Å². The summed E-state index contributed by atoms with van der Waals surface area (Å²) < 4.78 is 35.5. The summed E-state index contributed by atoms with van der Waals surface area (Å²) >= 11 is 0. The highest BCUT2D eigenvalue weighted by Crippen LogP contribution is 2.24. The zero-order valence-electron chi connectivity index (χ0n) is 16.8. The van der Waals surface area contributed by atoms with E-state index in [4.69, 9.17) is 9.26 Å². The van der Waals surface area contributed by atoms with Crippen LogP contribution in [0.15, 0.2) is 57.9 Å². The summed E-state index contributed by atoms with van der Waals surface area (Å²) in [5.74, 6) is 0.252. The second-order valence-corrected chi connectivity index (χ2v) is 8.64. The van der Waals surface area contributed by atoms with Gasteiger partial charge in [-0.25, -0.2) is 8.42 Å². The molecule has 9 heteroatoms. The summed E-state index contributed by atoms with van der Waals surface area (Å²) in [4.78, 5) is 16.5. The Morgan fingerprint density at radius 1 is 1.13 bits per heavy atom. The van der Waals surface area contributed by atoms with Crippen molar-refractivity contribution >= 4 is 21.4 Å². The average molecular weight is 429 g/mol. The molecule has 0 spiro atoms. The number of nitrogens with zero attached hydrogens (tertiary/aromatic N) is 2. The number of sulfone groups is 1. The molecule has 0 aliphatic heterocycles. The van der Waals surface area contributed by atoms with Crippen LogP contribution in [0.4, 0.5) is 5.69 Å². The number of carbonyl (C=O) groups excluding carboxylic acids is 1. The van der Waals surface area contributed by atoms with Crippen LogP contribution in [0, 0.1) is 6.92 Å². The Labute approximate surface area is 175 Å². The van der Waals surface area contributed by atoms with Crippen molar-refractivity contribution in [1.82, 2.24) is 10.1 Å². The minimum Gasteiger partial charge on any atom is -0.492 e. The minimum absolute atomic E-state index is 0.0627. The van der Waals surface area contributed by atoms with Gasteiger partial charge in [0.15, 0.2) is 15.7 Å². The number of rotatable bonds is 9. The standard InChI is InChI=1S/C21H23N3O5S/c1-3-28-18-7-5-4-6-17(18)22-20(25)12-13-21-23-19(24-29-21)14-30(26,27)16-10-8-15(2)9-11-16/h4-11H,3,12-14H2,1-2H3,(H,22,25). The van der Waals surface area contributed by atoms with Crippen LogP contribution in [0.5, 0.6) is 5.75 Å². The van der Waals surface area contributed by atoms with Crippen LogP contribution in [-0.2, 0) is 26.8 Å². The predicted molar refractivity (Wildman–Crippen MR) is 111 cm³/mol. The largest absolute Gasteiger partial charge is 0.492 e. The quantitative estimate of drug-likeness (QED) is 0.555. The number of para-hydroxylation sites is 2. The van der Waals surface area contributed by atoms with Crippen LogP contribution in [0.25, 0.3) is 0 Å². The maximum Gasteiger partial charge on any atom is 0.227 e. The van der Waals surface area contributed by atoms with E-state index in [0.717, 1.165) is 5.56 Å². The second-order valence-electron chi connectivity index (χ2n) is 6.65.